The zero-order valence-electron chi connectivity index (χ0n) is 12.6. The van der Waals surface area contributed by atoms with Crippen molar-refractivity contribution in [1.29, 1.82) is 0 Å². The van der Waals surface area contributed by atoms with E-state index in [-0.39, 0.29) is 6.04 Å². The van der Waals surface area contributed by atoms with Crippen LogP contribution < -0.4 is 10.6 Å². The van der Waals surface area contributed by atoms with Gasteiger partial charge in [-0.05, 0) is 20.8 Å². The fourth-order valence-electron chi connectivity index (χ4n) is 1.75. The van der Waals surface area contributed by atoms with Crippen LogP contribution in [-0.2, 0) is 22.1 Å². The molecule has 0 radical (unpaired) electrons. The van der Waals surface area contributed by atoms with Crippen LogP contribution in [0.3, 0.4) is 0 Å². The van der Waals surface area contributed by atoms with E-state index in [2.05, 4.69) is 20.6 Å². The van der Waals surface area contributed by atoms with Crippen molar-refractivity contribution in [3.63, 3.8) is 0 Å². The lowest BCUT2D eigenvalue weighted by Crippen LogP contribution is -2.23. The zero-order chi connectivity index (χ0) is 15.0. The number of aromatic nitrogens is 2. The Kier molecular flexibility index (Phi) is 7.46. The molecule has 0 spiro atoms. The Morgan fingerprint density at radius 3 is 2.65 bits per heavy atom. The van der Waals surface area contributed by atoms with Gasteiger partial charge in [-0.2, -0.15) is 0 Å². The van der Waals surface area contributed by atoms with Crippen molar-refractivity contribution in [3.8, 4) is 0 Å². The Labute approximate surface area is 123 Å². The highest BCUT2D eigenvalue weighted by molar-refractivity contribution is 7.84. The number of hydrogen-bond donors (Lipinski definition) is 2. The second-order valence-corrected chi connectivity index (χ2v) is 5.99. The van der Waals surface area contributed by atoms with Crippen molar-refractivity contribution in [3.05, 3.63) is 11.9 Å². The first kappa shape index (κ1) is 16.8. The standard InChI is InChI=1S/C13H24N4O2S/c1-5-14-11-7-12(15-10(3)9-20(4)18)17-13(16-11)8-19-6-2/h7,10H,5-6,8-9H2,1-4H3,(H2,14,15,16,17). The first-order valence-electron chi connectivity index (χ1n) is 6.81. The van der Waals surface area contributed by atoms with Crippen LogP contribution in [-0.4, -0.2) is 45.4 Å². The quantitative estimate of drug-likeness (QED) is 0.722. The van der Waals surface area contributed by atoms with E-state index in [0.29, 0.717) is 24.8 Å². The highest BCUT2D eigenvalue weighted by Crippen LogP contribution is 2.13. The molecule has 6 nitrogen and oxygen atoms in total. The molecule has 1 rings (SSSR count). The van der Waals surface area contributed by atoms with Crippen LogP contribution in [0, 0.1) is 0 Å². The first-order chi connectivity index (χ1) is 9.55. The normalized spacial score (nSPS) is 13.8. The van der Waals surface area contributed by atoms with Gasteiger partial charge in [0.15, 0.2) is 5.82 Å². The minimum Gasteiger partial charge on any atom is -0.374 e. The van der Waals surface area contributed by atoms with Gasteiger partial charge in [0.05, 0.1) is 0 Å². The molecule has 7 heteroatoms. The zero-order valence-corrected chi connectivity index (χ0v) is 13.4. The Morgan fingerprint density at radius 2 is 2.05 bits per heavy atom. The molecule has 0 amide bonds. The molecule has 0 aliphatic rings. The third-order valence-electron chi connectivity index (χ3n) is 2.44. The highest BCUT2D eigenvalue weighted by atomic mass is 32.2. The van der Waals surface area contributed by atoms with Gasteiger partial charge >= 0.3 is 0 Å². The fourth-order valence-corrected chi connectivity index (χ4v) is 2.53. The number of hydrogen-bond acceptors (Lipinski definition) is 6. The smallest absolute Gasteiger partial charge is 0.158 e. The van der Waals surface area contributed by atoms with E-state index in [1.807, 2.05) is 26.8 Å². The van der Waals surface area contributed by atoms with E-state index in [1.54, 1.807) is 6.26 Å². The third-order valence-corrected chi connectivity index (χ3v) is 3.41. The minimum atomic E-state index is -0.834. The van der Waals surface area contributed by atoms with E-state index < -0.39 is 10.8 Å². The predicted molar refractivity (Wildman–Crippen MR) is 83.5 cm³/mol. The molecule has 0 saturated heterocycles. The lowest BCUT2D eigenvalue weighted by molar-refractivity contribution is 0.128. The van der Waals surface area contributed by atoms with Crippen molar-refractivity contribution < 1.29 is 8.95 Å². The van der Waals surface area contributed by atoms with Gasteiger partial charge in [0, 0.05) is 48.1 Å². The monoisotopic (exact) mass is 300 g/mol. The summed E-state index contributed by atoms with van der Waals surface area (Å²) in [7, 11) is -0.834. The van der Waals surface area contributed by atoms with E-state index in [4.69, 9.17) is 4.74 Å². The first-order valence-corrected chi connectivity index (χ1v) is 8.54. The minimum absolute atomic E-state index is 0.0881. The fraction of sp³-hybridized carbons (Fsp3) is 0.692. The SMILES string of the molecule is CCNc1cc(NC(C)CS(C)=O)nc(COCC)n1. The van der Waals surface area contributed by atoms with E-state index in [0.717, 1.165) is 18.2 Å². The molecule has 1 aromatic rings. The molecule has 0 saturated carbocycles. The summed E-state index contributed by atoms with van der Waals surface area (Å²) in [5.74, 6) is 2.71. The molecule has 1 heterocycles. The summed E-state index contributed by atoms with van der Waals surface area (Å²) in [6.45, 7) is 7.74. The van der Waals surface area contributed by atoms with Crippen molar-refractivity contribution in [1.82, 2.24) is 9.97 Å². The maximum atomic E-state index is 11.2. The lowest BCUT2D eigenvalue weighted by atomic mass is 10.3. The largest absolute Gasteiger partial charge is 0.374 e. The van der Waals surface area contributed by atoms with Crippen LogP contribution in [0.4, 0.5) is 11.6 Å². The van der Waals surface area contributed by atoms with Crippen molar-refractivity contribution in [2.24, 2.45) is 0 Å². The number of ether oxygens (including phenoxy) is 1. The van der Waals surface area contributed by atoms with Gasteiger partial charge in [0.25, 0.3) is 0 Å². The molecule has 2 atom stereocenters. The average molecular weight is 300 g/mol. The van der Waals surface area contributed by atoms with E-state index >= 15 is 0 Å². The molecule has 0 aromatic carbocycles. The van der Waals surface area contributed by atoms with Crippen molar-refractivity contribution in [2.75, 3.05) is 35.8 Å². The Balaban J connectivity index is 2.81. The maximum Gasteiger partial charge on any atom is 0.158 e. The van der Waals surface area contributed by atoms with Gasteiger partial charge in [-0.15, -0.1) is 0 Å². The summed E-state index contributed by atoms with van der Waals surface area (Å²) in [6.07, 6.45) is 1.70. The molecule has 114 valence electrons. The molecule has 1 aromatic heterocycles. The van der Waals surface area contributed by atoms with Gasteiger partial charge in [0.2, 0.25) is 0 Å². The van der Waals surface area contributed by atoms with Crippen LogP contribution in [0.1, 0.15) is 26.6 Å². The second kappa shape index (κ2) is 8.86. The van der Waals surface area contributed by atoms with E-state index in [1.165, 1.54) is 0 Å². The number of nitrogens with zero attached hydrogens (tertiary/aromatic N) is 2. The van der Waals surface area contributed by atoms with Crippen LogP contribution in [0.25, 0.3) is 0 Å². The van der Waals surface area contributed by atoms with Gasteiger partial charge < -0.3 is 15.4 Å². The predicted octanol–water partition coefficient (Wildman–Crippen LogP) is 1.62. The maximum absolute atomic E-state index is 11.2. The molecule has 0 bridgehead atoms. The summed E-state index contributed by atoms with van der Waals surface area (Å²) in [5, 5.41) is 6.42. The summed E-state index contributed by atoms with van der Waals surface area (Å²) < 4.78 is 16.6. The summed E-state index contributed by atoms with van der Waals surface area (Å²) in [6, 6.07) is 1.94. The molecule has 0 fully saturated rings. The number of anilines is 2. The molecule has 2 N–H and O–H groups in total. The topological polar surface area (TPSA) is 76.1 Å². The number of nitrogens with one attached hydrogen (secondary N) is 2. The number of rotatable bonds is 9. The van der Waals surface area contributed by atoms with Crippen LogP contribution in [0.5, 0.6) is 0 Å². The average Bonchev–Trinajstić information content (AvgIpc) is 2.35. The lowest BCUT2D eigenvalue weighted by Gasteiger charge is -2.15. The Bertz CT molecular complexity index is 442. The highest BCUT2D eigenvalue weighted by Gasteiger charge is 2.09. The Morgan fingerprint density at radius 1 is 1.35 bits per heavy atom. The van der Waals surface area contributed by atoms with Gasteiger partial charge in [-0.25, -0.2) is 9.97 Å². The van der Waals surface area contributed by atoms with Gasteiger partial charge in [-0.1, -0.05) is 0 Å². The van der Waals surface area contributed by atoms with Crippen LogP contribution in [0.15, 0.2) is 6.07 Å². The molecular formula is C13H24N4O2S. The van der Waals surface area contributed by atoms with Crippen molar-refractivity contribution >= 4 is 22.4 Å². The van der Waals surface area contributed by atoms with Crippen LogP contribution >= 0.6 is 0 Å². The summed E-state index contributed by atoms with van der Waals surface area (Å²) in [4.78, 5) is 8.80. The van der Waals surface area contributed by atoms with Crippen LogP contribution in [0.2, 0.25) is 0 Å². The molecule has 0 aliphatic carbocycles. The van der Waals surface area contributed by atoms with Gasteiger partial charge in [0.1, 0.15) is 18.2 Å². The molecular weight excluding hydrogens is 276 g/mol. The third kappa shape index (κ3) is 6.29. The van der Waals surface area contributed by atoms with E-state index in [9.17, 15) is 4.21 Å². The molecule has 2 unspecified atom stereocenters. The Hall–Kier alpha value is -1.21. The second-order valence-electron chi connectivity index (χ2n) is 4.51. The summed E-state index contributed by atoms with van der Waals surface area (Å²) in [5.41, 5.74) is 0. The molecule has 20 heavy (non-hydrogen) atoms. The molecule has 0 aliphatic heterocycles. The van der Waals surface area contributed by atoms with Crippen molar-refractivity contribution in [2.45, 2.75) is 33.4 Å². The summed E-state index contributed by atoms with van der Waals surface area (Å²) >= 11 is 0. The van der Waals surface area contributed by atoms with Gasteiger partial charge in [-0.3, -0.25) is 4.21 Å².